The minimum Gasteiger partial charge on any atom is -0.383 e. The van der Waals surface area contributed by atoms with Crippen molar-refractivity contribution in [3.05, 3.63) is 16.0 Å². The fourth-order valence-corrected chi connectivity index (χ4v) is 4.91. The molecule has 1 aromatic heterocycles. The zero-order valence-electron chi connectivity index (χ0n) is 15.1. The average molecular weight is 366 g/mol. The Hall–Kier alpha value is -1.44. The summed E-state index contributed by atoms with van der Waals surface area (Å²) in [5, 5.41) is 13.2. The van der Waals surface area contributed by atoms with Crippen LogP contribution in [-0.2, 0) is 21.6 Å². The van der Waals surface area contributed by atoms with E-state index in [-0.39, 0.29) is 0 Å². The summed E-state index contributed by atoms with van der Waals surface area (Å²) in [5.41, 5.74) is 5.78. The number of hydrogen-bond donors (Lipinski definition) is 3. The van der Waals surface area contributed by atoms with Gasteiger partial charge >= 0.3 is 0 Å². The third kappa shape index (κ3) is 3.73. The zero-order valence-corrected chi connectivity index (χ0v) is 16.0. The third-order valence-electron chi connectivity index (χ3n) is 4.73. The summed E-state index contributed by atoms with van der Waals surface area (Å²) >= 11 is 1.31. The lowest BCUT2D eigenvalue weighted by Gasteiger charge is -2.41. The van der Waals surface area contributed by atoms with Gasteiger partial charge < -0.3 is 20.9 Å². The van der Waals surface area contributed by atoms with Crippen molar-refractivity contribution in [3.63, 3.8) is 0 Å². The van der Waals surface area contributed by atoms with Gasteiger partial charge in [0.1, 0.15) is 11.1 Å². The Bertz CT molecular complexity index is 719. The standard InChI is InChI=1S/C18H26N2O4S/c1-17(2)8-10-12(14(19)22)16(25-13(10)18(3,4)24-17)20-15(23)11(21)7-9-5-6-9/h9,11,21H,5-8H2,1-4H3,(H2,19,22)(H,20,23)/t11-/m0/s1. The Morgan fingerprint density at radius 3 is 2.56 bits per heavy atom. The van der Waals surface area contributed by atoms with Crippen molar-refractivity contribution in [2.24, 2.45) is 11.7 Å². The molecule has 138 valence electrons. The van der Waals surface area contributed by atoms with Gasteiger partial charge in [-0.3, -0.25) is 9.59 Å². The highest BCUT2D eigenvalue weighted by Gasteiger charge is 2.43. The summed E-state index contributed by atoms with van der Waals surface area (Å²) in [5.74, 6) is -0.620. The van der Waals surface area contributed by atoms with E-state index < -0.39 is 29.1 Å². The van der Waals surface area contributed by atoms with Gasteiger partial charge in [0, 0.05) is 11.3 Å². The van der Waals surface area contributed by atoms with Crippen LogP contribution in [0.3, 0.4) is 0 Å². The summed E-state index contributed by atoms with van der Waals surface area (Å²) in [7, 11) is 0. The third-order valence-corrected chi connectivity index (χ3v) is 6.18. The summed E-state index contributed by atoms with van der Waals surface area (Å²) < 4.78 is 6.15. The predicted octanol–water partition coefficient (Wildman–Crippen LogP) is 2.53. The molecule has 1 aliphatic carbocycles. The van der Waals surface area contributed by atoms with Gasteiger partial charge in [-0.25, -0.2) is 0 Å². The first-order valence-electron chi connectivity index (χ1n) is 8.65. The molecule has 0 radical (unpaired) electrons. The molecule has 6 nitrogen and oxygen atoms in total. The number of rotatable bonds is 5. The minimum atomic E-state index is -1.06. The quantitative estimate of drug-likeness (QED) is 0.745. The van der Waals surface area contributed by atoms with Crippen LogP contribution in [-0.4, -0.2) is 28.6 Å². The number of nitrogens with two attached hydrogens (primary N) is 1. The maximum atomic E-state index is 12.3. The summed E-state index contributed by atoms with van der Waals surface area (Å²) in [6.07, 6.45) is 2.06. The first-order chi connectivity index (χ1) is 11.5. The molecule has 1 aromatic rings. The van der Waals surface area contributed by atoms with Gasteiger partial charge in [-0.1, -0.05) is 12.8 Å². The van der Waals surface area contributed by atoms with Crippen molar-refractivity contribution in [2.45, 2.75) is 70.7 Å². The molecule has 1 aliphatic heterocycles. The number of hydrogen-bond acceptors (Lipinski definition) is 5. The predicted molar refractivity (Wildman–Crippen MR) is 96.7 cm³/mol. The Labute approximate surface area is 151 Å². The van der Waals surface area contributed by atoms with Gasteiger partial charge in [0.2, 0.25) is 0 Å². The SMILES string of the molecule is CC1(C)Cc2c(sc(NC(=O)[C@@H](O)CC3CC3)c2C(N)=O)C(C)(C)O1. The van der Waals surface area contributed by atoms with Gasteiger partial charge in [0.05, 0.1) is 16.8 Å². The molecule has 0 aromatic carbocycles. The van der Waals surface area contributed by atoms with E-state index in [1.165, 1.54) is 11.3 Å². The second kappa shape index (κ2) is 6.07. The molecule has 1 fully saturated rings. The number of amides is 2. The monoisotopic (exact) mass is 366 g/mol. The number of aliphatic hydroxyl groups excluding tert-OH is 1. The van der Waals surface area contributed by atoms with Gasteiger partial charge in [0.15, 0.2) is 0 Å². The normalized spacial score (nSPS) is 22.1. The van der Waals surface area contributed by atoms with Gasteiger partial charge in [0.25, 0.3) is 11.8 Å². The van der Waals surface area contributed by atoms with E-state index in [1.807, 2.05) is 27.7 Å². The highest BCUT2D eigenvalue weighted by molar-refractivity contribution is 7.17. The fraction of sp³-hybridized carbons (Fsp3) is 0.667. The van der Waals surface area contributed by atoms with E-state index in [0.29, 0.717) is 29.3 Å². The maximum absolute atomic E-state index is 12.3. The van der Waals surface area contributed by atoms with E-state index in [2.05, 4.69) is 5.32 Å². The largest absolute Gasteiger partial charge is 0.383 e. The molecule has 7 heteroatoms. The molecule has 0 unspecified atom stereocenters. The van der Waals surface area contributed by atoms with Crippen LogP contribution in [0.4, 0.5) is 5.00 Å². The van der Waals surface area contributed by atoms with E-state index in [0.717, 1.165) is 23.3 Å². The fourth-order valence-electron chi connectivity index (χ4n) is 3.64. The molecule has 0 spiro atoms. The van der Waals surface area contributed by atoms with E-state index in [9.17, 15) is 14.7 Å². The van der Waals surface area contributed by atoms with Crippen LogP contribution in [0.25, 0.3) is 0 Å². The molecule has 0 bridgehead atoms. The molecule has 0 saturated heterocycles. The topological polar surface area (TPSA) is 102 Å². The molecule has 3 rings (SSSR count). The van der Waals surface area contributed by atoms with Gasteiger partial charge in [-0.2, -0.15) is 0 Å². The number of carbonyl (C=O) groups excluding carboxylic acids is 2. The number of carbonyl (C=O) groups is 2. The van der Waals surface area contributed by atoms with E-state index >= 15 is 0 Å². The molecular weight excluding hydrogens is 340 g/mol. The summed E-state index contributed by atoms with van der Waals surface area (Å²) in [6, 6.07) is 0. The number of aliphatic hydroxyl groups is 1. The molecule has 25 heavy (non-hydrogen) atoms. The van der Waals surface area contributed by atoms with E-state index in [1.54, 1.807) is 0 Å². The van der Waals surface area contributed by atoms with Crippen molar-refractivity contribution < 1.29 is 19.4 Å². The number of ether oxygens (including phenoxy) is 1. The Kier molecular flexibility index (Phi) is 4.46. The smallest absolute Gasteiger partial charge is 0.253 e. The Morgan fingerprint density at radius 2 is 2.00 bits per heavy atom. The molecule has 2 amide bonds. The molecule has 2 aliphatic rings. The van der Waals surface area contributed by atoms with Crippen LogP contribution in [0.5, 0.6) is 0 Å². The van der Waals surface area contributed by atoms with Crippen molar-refractivity contribution in [1.29, 1.82) is 0 Å². The Morgan fingerprint density at radius 1 is 1.36 bits per heavy atom. The molecule has 1 saturated carbocycles. The van der Waals surface area contributed by atoms with Crippen molar-refractivity contribution in [2.75, 3.05) is 5.32 Å². The van der Waals surface area contributed by atoms with Gasteiger partial charge in [-0.15, -0.1) is 11.3 Å². The second-order valence-electron chi connectivity index (χ2n) is 8.21. The lowest BCUT2D eigenvalue weighted by molar-refractivity contribution is -0.135. The van der Waals surface area contributed by atoms with Crippen molar-refractivity contribution in [3.8, 4) is 0 Å². The van der Waals surface area contributed by atoms with Crippen LogP contribution < -0.4 is 11.1 Å². The van der Waals surface area contributed by atoms with Crippen LogP contribution >= 0.6 is 11.3 Å². The van der Waals surface area contributed by atoms with Crippen LogP contribution in [0, 0.1) is 5.92 Å². The summed E-state index contributed by atoms with van der Waals surface area (Å²) in [6.45, 7) is 7.83. The molecular formula is C18H26N2O4S. The van der Waals surface area contributed by atoms with Crippen LogP contribution in [0.2, 0.25) is 0 Å². The van der Waals surface area contributed by atoms with Crippen molar-refractivity contribution in [1.82, 2.24) is 0 Å². The second-order valence-corrected chi connectivity index (χ2v) is 9.23. The highest BCUT2D eigenvalue weighted by atomic mass is 32.1. The van der Waals surface area contributed by atoms with Crippen LogP contribution in [0.1, 0.15) is 67.8 Å². The molecule has 2 heterocycles. The van der Waals surface area contributed by atoms with Crippen LogP contribution in [0.15, 0.2) is 0 Å². The van der Waals surface area contributed by atoms with E-state index in [4.69, 9.17) is 10.5 Å². The highest BCUT2D eigenvalue weighted by Crippen LogP contribution is 2.48. The number of fused-ring (bicyclic) bond motifs is 1. The minimum absolute atomic E-state index is 0.344. The number of anilines is 1. The zero-order chi connectivity index (χ0) is 18.6. The van der Waals surface area contributed by atoms with Gasteiger partial charge in [-0.05, 0) is 45.6 Å². The number of thiophene rings is 1. The first-order valence-corrected chi connectivity index (χ1v) is 9.47. The molecule has 4 N–H and O–H groups in total. The maximum Gasteiger partial charge on any atom is 0.253 e. The number of nitrogens with one attached hydrogen (secondary N) is 1. The number of primary amides is 1. The molecule has 1 atom stereocenters. The average Bonchev–Trinajstić information content (AvgIpc) is 3.17. The first kappa shape index (κ1) is 18.4. The Balaban J connectivity index is 1.93. The lowest BCUT2D eigenvalue weighted by atomic mass is 9.86. The van der Waals surface area contributed by atoms with Crippen molar-refractivity contribution >= 4 is 28.2 Å². The summed E-state index contributed by atoms with van der Waals surface area (Å²) in [4.78, 5) is 25.3. The lowest BCUT2D eigenvalue weighted by Crippen LogP contribution is -2.42.